The molecule has 148 valence electrons. The van der Waals surface area contributed by atoms with Crippen LogP contribution in [0.15, 0.2) is 17.3 Å². The summed E-state index contributed by atoms with van der Waals surface area (Å²) in [5.74, 6) is -6.04. The number of ether oxygens (including phenoxy) is 1. The number of nitrogens with one attached hydrogen (secondary N) is 1. The quantitative estimate of drug-likeness (QED) is 0.439. The number of aliphatic hydroxyl groups is 1. The van der Waals surface area contributed by atoms with E-state index in [0.717, 1.165) is 12.0 Å². The van der Waals surface area contributed by atoms with Crippen molar-refractivity contribution in [2.24, 2.45) is 0 Å². The van der Waals surface area contributed by atoms with Crippen LogP contribution in [0.25, 0.3) is 0 Å². The van der Waals surface area contributed by atoms with E-state index in [9.17, 15) is 31.5 Å². The molecule has 12 heteroatoms. The first-order valence-corrected chi connectivity index (χ1v) is 7.64. The van der Waals surface area contributed by atoms with Crippen LogP contribution in [0.2, 0.25) is 5.02 Å². The van der Waals surface area contributed by atoms with Gasteiger partial charge in [-0.3, -0.25) is 4.79 Å². The number of rotatable bonds is 5. The molecule has 0 atom stereocenters. The molecule has 0 unspecified atom stereocenters. The van der Waals surface area contributed by atoms with Gasteiger partial charge in [-0.1, -0.05) is 11.6 Å². The summed E-state index contributed by atoms with van der Waals surface area (Å²) in [6.07, 6.45) is -5.19. The highest BCUT2D eigenvalue weighted by atomic mass is 35.5. The Morgan fingerprint density at radius 3 is 2.52 bits per heavy atom. The fourth-order valence-corrected chi connectivity index (χ4v) is 2.63. The van der Waals surface area contributed by atoms with Crippen LogP contribution in [-0.2, 0) is 20.5 Å². The van der Waals surface area contributed by atoms with Crippen molar-refractivity contribution in [3.8, 4) is 0 Å². The van der Waals surface area contributed by atoms with Crippen molar-refractivity contribution in [3.63, 3.8) is 0 Å². The lowest BCUT2D eigenvalue weighted by molar-refractivity contribution is -0.140. The van der Waals surface area contributed by atoms with Crippen LogP contribution >= 0.6 is 11.6 Å². The van der Waals surface area contributed by atoms with Gasteiger partial charge >= 0.3 is 12.1 Å². The normalized spacial score (nSPS) is 14.8. The molecule has 1 aliphatic rings. The number of esters is 1. The van der Waals surface area contributed by atoms with Gasteiger partial charge in [-0.25, -0.2) is 13.6 Å². The number of benzene rings is 1. The lowest BCUT2D eigenvalue weighted by Crippen LogP contribution is -2.31. The summed E-state index contributed by atoms with van der Waals surface area (Å²) in [6.45, 7) is -0.934. The van der Waals surface area contributed by atoms with Crippen molar-refractivity contribution in [2.75, 3.05) is 32.1 Å². The predicted octanol–water partition coefficient (Wildman–Crippen LogP) is 2.31. The molecule has 0 bridgehead atoms. The topological polar surface area (TPSA) is 78.9 Å². The first-order valence-electron chi connectivity index (χ1n) is 7.26. The van der Waals surface area contributed by atoms with Crippen LogP contribution in [0, 0.1) is 11.6 Å². The Labute approximate surface area is 154 Å². The van der Waals surface area contributed by atoms with Crippen LogP contribution in [0.3, 0.4) is 0 Å². The van der Waals surface area contributed by atoms with E-state index in [1.807, 2.05) is 0 Å². The number of methoxy groups -OCH3 is 1. The monoisotopic (exact) mass is 414 g/mol. The molecule has 1 aromatic rings. The van der Waals surface area contributed by atoms with Crippen molar-refractivity contribution in [1.29, 1.82) is 0 Å². The van der Waals surface area contributed by atoms with Crippen molar-refractivity contribution in [3.05, 3.63) is 39.6 Å². The van der Waals surface area contributed by atoms with Crippen molar-refractivity contribution in [1.82, 2.24) is 4.90 Å². The van der Waals surface area contributed by atoms with Gasteiger partial charge in [-0.15, -0.1) is 0 Å². The molecule has 2 rings (SSSR count). The maximum absolute atomic E-state index is 14.2. The zero-order valence-electron chi connectivity index (χ0n) is 13.6. The first kappa shape index (κ1) is 20.9. The number of anilines is 1. The summed E-state index contributed by atoms with van der Waals surface area (Å²) in [7, 11) is 1.01. The summed E-state index contributed by atoms with van der Waals surface area (Å²) in [4.78, 5) is 25.1. The van der Waals surface area contributed by atoms with Gasteiger partial charge in [-0.2, -0.15) is 13.2 Å². The Morgan fingerprint density at radius 2 is 2.00 bits per heavy atom. The van der Waals surface area contributed by atoms with E-state index in [-0.39, 0.29) is 24.7 Å². The summed E-state index contributed by atoms with van der Waals surface area (Å²) < 4.78 is 70.6. The summed E-state index contributed by atoms with van der Waals surface area (Å²) in [6, 6.07) is 0.158. The van der Waals surface area contributed by atoms with Crippen LogP contribution in [0.4, 0.5) is 27.6 Å². The molecule has 1 heterocycles. The lowest BCUT2D eigenvalue weighted by atomic mass is 10.1. The van der Waals surface area contributed by atoms with Crippen LogP contribution in [0.5, 0.6) is 0 Å². The molecular weight excluding hydrogens is 403 g/mol. The summed E-state index contributed by atoms with van der Waals surface area (Å²) in [5, 5.41) is 10.2. The minimum absolute atomic E-state index is 0.158. The Bertz CT molecular complexity index is 825. The third-order valence-corrected chi connectivity index (χ3v) is 3.97. The molecule has 6 nitrogen and oxygen atoms in total. The number of hydrogen-bond acceptors (Lipinski definition) is 5. The third-order valence-electron chi connectivity index (χ3n) is 3.67. The van der Waals surface area contributed by atoms with E-state index in [4.69, 9.17) is 16.7 Å². The molecule has 0 radical (unpaired) electrons. The average Bonchev–Trinajstić information content (AvgIpc) is 2.89. The summed E-state index contributed by atoms with van der Waals surface area (Å²) >= 11 is 5.62. The lowest BCUT2D eigenvalue weighted by Gasteiger charge is -2.17. The van der Waals surface area contributed by atoms with Gasteiger partial charge in [0.2, 0.25) is 0 Å². The van der Waals surface area contributed by atoms with E-state index in [1.165, 1.54) is 0 Å². The molecular formula is C15H12ClF5N2O4. The number of hydrogen-bond donors (Lipinski definition) is 2. The molecule has 1 aliphatic heterocycles. The highest BCUT2D eigenvalue weighted by Crippen LogP contribution is 2.39. The second-order valence-corrected chi connectivity index (χ2v) is 5.73. The molecule has 0 aromatic heterocycles. The van der Waals surface area contributed by atoms with Gasteiger partial charge in [0.15, 0.2) is 11.6 Å². The van der Waals surface area contributed by atoms with E-state index in [0.29, 0.717) is 0 Å². The second-order valence-electron chi connectivity index (χ2n) is 5.33. The maximum Gasteiger partial charge on any atom is 0.419 e. The smallest absolute Gasteiger partial charge is 0.419 e. The van der Waals surface area contributed by atoms with Crippen molar-refractivity contribution in [2.45, 2.75) is 6.18 Å². The van der Waals surface area contributed by atoms with Gasteiger partial charge in [0, 0.05) is 6.54 Å². The van der Waals surface area contributed by atoms with Gasteiger partial charge < -0.3 is 20.1 Å². The zero-order valence-corrected chi connectivity index (χ0v) is 14.3. The van der Waals surface area contributed by atoms with Crippen LogP contribution < -0.4 is 5.32 Å². The predicted molar refractivity (Wildman–Crippen MR) is 82.7 cm³/mol. The number of aliphatic hydroxyl groups excluding tert-OH is 1. The number of carbonyl (C=O) groups excluding carboxylic acids is 2. The SMILES string of the molecule is COC(=O)C1=C(Nc2c(Cl)cc(C(F)(F)F)c(F)c2F)C(=O)N(CCO)C1. The molecule has 0 saturated heterocycles. The molecule has 27 heavy (non-hydrogen) atoms. The van der Waals surface area contributed by atoms with Crippen LogP contribution in [0.1, 0.15) is 5.56 Å². The van der Waals surface area contributed by atoms with Crippen molar-refractivity contribution < 1.29 is 41.4 Å². The van der Waals surface area contributed by atoms with Crippen molar-refractivity contribution >= 4 is 29.2 Å². The van der Waals surface area contributed by atoms with E-state index >= 15 is 0 Å². The van der Waals surface area contributed by atoms with Crippen LogP contribution in [-0.4, -0.2) is 48.7 Å². The highest BCUT2D eigenvalue weighted by Gasteiger charge is 2.39. The fourth-order valence-electron chi connectivity index (χ4n) is 2.39. The van der Waals surface area contributed by atoms with Gasteiger partial charge in [0.05, 0.1) is 42.1 Å². The fraction of sp³-hybridized carbons (Fsp3) is 0.333. The largest absolute Gasteiger partial charge is 0.466 e. The first-order chi connectivity index (χ1) is 12.5. The molecule has 0 fully saturated rings. The number of amides is 1. The Hall–Kier alpha value is -2.40. The maximum atomic E-state index is 14.2. The Morgan fingerprint density at radius 1 is 1.37 bits per heavy atom. The molecule has 0 aliphatic carbocycles. The minimum atomic E-state index is -5.19. The molecule has 1 aromatic carbocycles. The number of halogens is 6. The number of alkyl halides is 3. The van der Waals surface area contributed by atoms with E-state index in [1.54, 1.807) is 0 Å². The van der Waals surface area contributed by atoms with Gasteiger partial charge in [0.1, 0.15) is 5.70 Å². The standard InChI is InChI=1S/C15H12ClF5N2O4/c1-27-14(26)6-5-23(2-3-24)13(25)11(6)22-12-8(16)4-7(15(19,20)21)9(17)10(12)18/h4,22,24H,2-3,5H2,1H3. The average molecular weight is 415 g/mol. The molecule has 0 spiro atoms. The number of nitrogens with zero attached hydrogens (tertiary/aromatic N) is 1. The molecule has 0 saturated carbocycles. The van der Waals surface area contributed by atoms with E-state index in [2.05, 4.69) is 10.1 Å². The van der Waals surface area contributed by atoms with E-state index < -0.39 is 58.3 Å². The molecule has 2 N–H and O–H groups in total. The third kappa shape index (κ3) is 3.98. The Balaban J connectivity index is 2.52. The summed E-state index contributed by atoms with van der Waals surface area (Å²) in [5.41, 5.74) is -3.70. The number of carbonyl (C=O) groups is 2. The van der Waals surface area contributed by atoms with Gasteiger partial charge in [-0.05, 0) is 6.07 Å². The Kier molecular flexibility index (Phi) is 5.95. The molecule has 1 amide bonds. The van der Waals surface area contributed by atoms with Gasteiger partial charge in [0.25, 0.3) is 5.91 Å². The highest BCUT2D eigenvalue weighted by molar-refractivity contribution is 6.33. The number of β-amino-alcohol motifs (C(OH)–C–C–N with tert-alkyl or cyclic N) is 1. The second kappa shape index (κ2) is 7.69. The zero-order chi connectivity index (χ0) is 20.5. The minimum Gasteiger partial charge on any atom is -0.466 e.